The van der Waals surface area contributed by atoms with Crippen LogP contribution >= 0.6 is 34.2 Å². The van der Waals surface area contributed by atoms with Gasteiger partial charge in [0, 0.05) is 16.6 Å². The van der Waals surface area contributed by atoms with Gasteiger partial charge in [-0.25, -0.2) is 4.39 Å². The lowest BCUT2D eigenvalue weighted by molar-refractivity contribution is 0.0894. The van der Waals surface area contributed by atoms with Crippen molar-refractivity contribution in [1.29, 1.82) is 0 Å². The zero-order valence-corrected chi connectivity index (χ0v) is 12.8. The summed E-state index contributed by atoms with van der Waals surface area (Å²) in [6, 6.07) is 3.92. The van der Waals surface area contributed by atoms with Crippen LogP contribution in [0.25, 0.3) is 0 Å². The average Bonchev–Trinajstić information content (AvgIpc) is 2.29. The number of benzene rings is 1. The van der Waals surface area contributed by atoms with Gasteiger partial charge in [-0.1, -0.05) is 0 Å². The van der Waals surface area contributed by atoms with E-state index in [-0.39, 0.29) is 17.8 Å². The summed E-state index contributed by atoms with van der Waals surface area (Å²) in [4.78, 5) is 12.0. The van der Waals surface area contributed by atoms with Gasteiger partial charge in [0.25, 0.3) is 5.91 Å². The molecule has 1 N–H and O–H groups in total. The zero-order valence-electron chi connectivity index (χ0n) is 9.88. The third-order valence-electron chi connectivity index (χ3n) is 2.34. The van der Waals surface area contributed by atoms with Crippen molar-refractivity contribution in [2.24, 2.45) is 0 Å². The van der Waals surface area contributed by atoms with Gasteiger partial charge in [-0.3, -0.25) is 4.79 Å². The number of halogens is 3. The Bertz CT molecular complexity index is 411. The first kappa shape index (κ1) is 15.7. The quantitative estimate of drug-likeness (QED) is 0.604. The number of methoxy groups -OCH3 is 1. The predicted molar refractivity (Wildman–Crippen MR) is 77.6 cm³/mol. The summed E-state index contributed by atoms with van der Waals surface area (Å²) in [5.74, 6) is -0.161. The molecule has 1 aromatic carbocycles. The van der Waals surface area contributed by atoms with Crippen molar-refractivity contribution in [2.45, 2.75) is 12.5 Å². The van der Waals surface area contributed by atoms with E-state index in [2.05, 4.69) is 5.32 Å². The Morgan fingerprint density at radius 3 is 2.89 bits per heavy atom. The first-order valence-electron chi connectivity index (χ1n) is 5.39. The van der Waals surface area contributed by atoms with Crippen LogP contribution in [-0.2, 0) is 4.74 Å². The van der Waals surface area contributed by atoms with Crippen LogP contribution < -0.4 is 5.32 Å². The molecule has 1 amide bonds. The molecule has 0 aliphatic heterocycles. The van der Waals surface area contributed by atoms with E-state index in [0.717, 1.165) is 0 Å². The highest BCUT2D eigenvalue weighted by molar-refractivity contribution is 14.1. The van der Waals surface area contributed by atoms with Gasteiger partial charge >= 0.3 is 0 Å². The van der Waals surface area contributed by atoms with E-state index in [1.54, 1.807) is 7.11 Å². The summed E-state index contributed by atoms with van der Waals surface area (Å²) in [6.45, 7) is 0.399. The molecule has 1 aromatic rings. The van der Waals surface area contributed by atoms with Crippen LogP contribution in [0.1, 0.15) is 16.8 Å². The molecule has 0 aliphatic rings. The molecule has 0 bridgehead atoms. The SMILES string of the molecule is COCC(CCCl)NC(=O)c1ccc(F)cc1I. The summed E-state index contributed by atoms with van der Waals surface area (Å²) in [5.41, 5.74) is 0.452. The minimum Gasteiger partial charge on any atom is -0.383 e. The lowest BCUT2D eigenvalue weighted by atomic mass is 10.1. The van der Waals surface area contributed by atoms with E-state index in [4.69, 9.17) is 16.3 Å². The molecule has 0 aliphatic carbocycles. The van der Waals surface area contributed by atoms with Crippen molar-refractivity contribution in [2.75, 3.05) is 19.6 Å². The van der Waals surface area contributed by atoms with E-state index >= 15 is 0 Å². The number of hydrogen-bond acceptors (Lipinski definition) is 2. The van der Waals surface area contributed by atoms with Crippen molar-refractivity contribution in [1.82, 2.24) is 5.32 Å². The van der Waals surface area contributed by atoms with Gasteiger partial charge < -0.3 is 10.1 Å². The summed E-state index contributed by atoms with van der Waals surface area (Å²) in [7, 11) is 1.56. The van der Waals surface area contributed by atoms with Crippen LogP contribution in [0.4, 0.5) is 4.39 Å². The minimum atomic E-state index is -0.356. The summed E-state index contributed by atoms with van der Waals surface area (Å²) in [5, 5.41) is 2.82. The molecule has 100 valence electrons. The molecule has 0 saturated heterocycles. The number of ether oxygens (including phenoxy) is 1. The minimum absolute atomic E-state index is 0.138. The second kappa shape index (κ2) is 7.91. The topological polar surface area (TPSA) is 38.3 Å². The highest BCUT2D eigenvalue weighted by atomic mass is 127. The van der Waals surface area contributed by atoms with Gasteiger partial charge in [0.15, 0.2) is 0 Å². The number of carbonyl (C=O) groups is 1. The van der Waals surface area contributed by atoms with Crippen molar-refractivity contribution in [3.63, 3.8) is 0 Å². The Balaban J connectivity index is 2.73. The van der Waals surface area contributed by atoms with Crippen LogP contribution in [0.5, 0.6) is 0 Å². The van der Waals surface area contributed by atoms with Crippen molar-refractivity contribution in [3.05, 3.63) is 33.1 Å². The Hall–Kier alpha value is -0.400. The van der Waals surface area contributed by atoms with E-state index in [9.17, 15) is 9.18 Å². The van der Waals surface area contributed by atoms with Gasteiger partial charge in [-0.05, 0) is 47.2 Å². The highest BCUT2D eigenvalue weighted by Crippen LogP contribution is 2.14. The second-order valence-electron chi connectivity index (χ2n) is 3.73. The number of alkyl halides is 1. The number of nitrogens with one attached hydrogen (secondary N) is 1. The Kier molecular flexibility index (Phi) is 6.88. The van der Waals surface area contributed by atoms with Crippen LogP contribution in [-0.4, -0.2) is 31.5 Å². The molecule has 0 fully saturated rings. The molecule has 0 heterocycles. The van der Waals surface area contributed by atoms with Crippen molar-refractivity contribution < 1.29 is 13.9 Å². The first-order valence-corrected chi connectivity index (χ1v) is 7.00. The van der Waals surface area contributed by atoms with Crippen LogP contribution in [0, 0.1) is 9.39 Å². The van der Waals surface area contributed by atoms with E-state index < -0.39 is 0 Å². The molecular formula is C12H14ClFINO2. The third kappa shape index (κ3) is 4.70. The molecule has 1 atom stereocenters. The van der Waals surface area contributed by atoms with Gasteiger partial charge in [0.1, 0.15) is 5.82 Å². The van der Waals surface area contributed by atoms with Gasteiger partial charge in [0.2, 0.25) is 0 Å². The maximum atomic E-state index is 12.9. The average molecular weight is 386 g/mol. The number of amides is 1. The Morgan fingerprint density at radius 2 is 2.33 bits per heavy atom. The zero-order chi connectivity index (χ0) is 13.5. The van der Waals surface area contributed by atoms with E-state index in [1.165, 1.54) is 18.2 Å². The van der Waals surface area contributed by atoms with Crippen LogP contribution in [0.3, 0.4) is 0 Å². The fourth-order valence-electron chi connectivity index (χ4n) is 1.47. The fraction of sp³-hybridized carbons (Fsp3) is 0.417. The molecule has 18 heavy (non-hydrogen) atoms. The van der Waals surface area contributed by atoms with Crippen molar-refractivity contribution in [3.8, 4) is 0 Å². The Labute approximate surface area is 124 Å². The lowest BCUT2D eigenvalue weighted by Gasteiger charge is -2.17. The molecule has 0 aromatic heterocycles. The molecule has 3 nitrogen and oxygen atoms in total. The Morgan fingerprint density at radius 1 is 1.61 bits per heavy atom. The maximum absolute atomic E-state index is 12.9. The molecule has 6 heteroatoms. The highest BCUT2D eigenvalue weighted by Gasteiger charge is 2.15. The molecule has 0 radical (unpaired) electrons. The first-order chi connectivity index (χ1) is 8.58. The normalized spacial score (nSPS) is 12.2. The van der Waals surface area contributed by atoms with Gasteiger partial charge in [-0.2, -0.15) is 0 Å². The molecular weight excluding hydrogens is 371 g/mol. The number of carbonyl (C=O) groups excluding carboxylic acids is 1. The molecule has 0 saturated carbocycles. The standard InChI is InChI=1S/C12H14ClFINO2/c1-18-7-9(4-5-13)16-12(17)10-3-2-8(14)6-11(10)15/h2-3,6,9H,4-5,7H2,1H3,(H,16,17). The van der Waals surface area contributed by atoms with Crippen LogP contribution in [0.2, 0.25) is 0 Å². The van der Waals surface area contributed by atoms with E-state index in [1.807, 2.05) is 22.6 Å². The molecule has 1 unspecified atom stereocenters. The smallest absolute Gasteiger partial charge is 0.252 e. The fourth-order valence-corrected chi connectivity index (χ4v) is 2.45. The monoisotopic (exact) mass is 385 g/mol. The summed E-state index contributed by atoms with van der Waals surface area (Å²) in [6.07, 6.45) is 0.624. The number of hydrogen-bond donors (Lipinski definition) is 1. The van der Waals surface area contributed by atoms with Gasteiger partial charge in [0.05, 0.1) is 18.2 Å². The lowest BCUT2D eigenvalue weighted by Crippen LogP contribution is -2.38. The molecule has 0 spiro atoms. The summed E-state index contributed by atoms with van der Waals surface area (Å²) >= 11 is 7.59. The van der Waals surface area contributed by atoms with E-state index in [0.29, 0.717) is 28.0 Å². The predicted octanol–water partition coefficient (Wildman–Crippen LogP) is 2.80. The largest absolute Gasteiger partial charge is 0.383 e. The van der Waals surface area contributed by atoms with Crippen LogP contribution in [0.15, 0.2) is 18.2 Å². The second-order valence-corrected chi connectivity index (χ2v) is 5.27. The summed E-state index contributed by atoms with van der Waals surface area (Å²) < 4.78 is 18.5. The van der Waals surface area contributed by atoms with Crippen molar-refractivity contribution >= 4 is 40.1 Å². The maximum Gasteiger partial charge on any atom is 0.252 e. The number of rotatable bonds is 6. The third-order valence-corrected chi connectivity index (χ3v) is 3.45. The molecule has 1 rings (SSSR count). The van der Waals surface area contributed by atoms with Gasteiger partial charge in [-0.15, -0.1) is 11.6 Å².